The molecule has 0 radical (unpaired) electrons. The Bertz CT molecular complexity index is 462. The van der Waals surface area contributed by atoms with Gasteiger partial charge in [0.25, 0.3) is 0 Å². The van der Waals surface area contributed by atoms with Crippen LogP contribution >= 0.6 is 0 Å². The Hall–Kier alpha value is -1.56. The molecule has 0 N–H and O–H groups in total. The molecule has 2 atom stereocenters. The van der Waals surface area contributed by atoms with Gasteiger partial charge in [-0.2, -0.15) is 0 Å². The largest absolute Gasteiger partial charge is 0.0714 e. The average Bonchev–Trinajstić information content (AvgIpc) is 2.27. The zero-order valence-corrected chi connectivity index (χ0v) is 7.77. The van der Waals surface area contributed by atoms with Gasteiger partial charge >= 0.3 is 0 Å². The van der Waals surface area contributed by atoms with E-state index >= 15 is 0 Å². The molecular formula is C14H10. The summed E-state index contributed by atoms with van der Waals surface area (Å²) in [5, 5.41) is 0. The minimum Gasteiger partial charge on any atom is -0.0714 e. The molecule has 0 aromatic rings. The van der Waals surface area contributed by atoms with E-state index in [1.807, 2.05) is 0 Å². The first-order chi connectivity index (χ1) is 6.89. The quantitative estimate of drug-likeness (QED) is 0.500. The van der Waals surface area contributed by atoms with Crippen LogP contribution in [0.25, 0.3) is 0 Å². The Morgan fingerprint density at radius 2 is 1.07 bits per heavy atom. The molecule has 14 heavy (non-hydrogen) atoms. The van der Waals surface area contributed by atoms with E-state index < -0.39 is 0 Å². The first-order valence-electron chi connectivity index (χ1n) is 5.07. The number of allylic oxidation sites excluding steroid dienone is 12. The fraction of sp³-hybridized carbons (Fsp3) is 0.143. The van der Waals surface area contributed by atoms with Crippen molar-refractivity contribution in [2.45, 2.75) is 0 Å². The molecule has 0 aromatic carbocycles. The number of rotatable bonds is 0. The molecule has 0 bridgehead atoms. The van der Waals surface area contributed by atoms with Gasteiger partial charge in [-0.3, -0.25) is 0 Å². The fourth-order valence-electron chi connectivity index (χ4n) is 3.19. The summed E-state index contributed by atoms with van der Waals surface area (Å²) in [6.45, 7) is 0. The third-order valence-corrected chi connectivity index (χ3v) is 3.94. The summed E-state index contributed by atoms with van der Waals surface area (Å²) in [5.74, 6) is 0. The maximum absolute atomic E-state index is 2.33. The molecule has 0 saturated heterocycles. The topological polar surface area (TPSA) is 0 Å². The first-order valence-corrected chi connectivity index (χ1v) is 5.07. The van der Waals surface area contributed by atoms with E-state index in [4.69, 9.17) is 0 Å². The summed E-state index contributed by atoms with van der Waals surface area (Å²) in [7, 11) is 0. The molecule has 0 heteroatoms. The van der Waals surface area contributed by atoms with Gasteiger partial charge in [-0.15, -0.1) is 0 Å². The molecule has 0 aromatic heterocycles. The minimum atomic E-state index is 0.221. The highest BCUT2D eigenvalue weighted by Gasteiger charge is 2.63. The van der Waals surface area contributed by atoms with Crippen molar-refractivity contribution in [3.63, 3.8) is 0 Å². The number of hydrogen-bond acceptors (Lipinski definition) is 0. The second-order valence-corrected chi connectivity index (χ2v) is 4.34. The SMILES string of the molecule is C1=CC2=C3C=CC=CC34C=CC24C=C1. The highest BCUT2D eigenvalue weighted by atomic mass is 14.6. The summed E-state index contributed by atoms with van der Waals surface area (Å²) in [6, 6.07) is 0. The molecule has 66 valence electrons. The van der Waals surface area contributed by atoms with Gasteiger partial charge in [0.2, 0.25) is 0 Å². The maximum Gasteiger partial charge on any atom is 0.0485 e. The van der Waals surface area contributed by atoms with Gasteiger partial charge in [0.05, 0.1) is 0 Å². The van der Waals surface area contributed by atoms with Crippen LogP contribution in [-0.4, -0.2) is 0 Å². The molecule has 4 rings (SSSR count). The lowest BCUT2D eigenvalue weighted by atomic mass is 9.39. The van der Waals surface area contributed by atoms with Crippen molar-refractivity contribution in [3.05, 3.63) is 71.9 Å². The zero-order valence-electron chi connectivity index (χ0n) is 7.77. The molecular weight excluding hydrogens is 168 g/mol. The van der Waals surface area contributed by atoms with Crippen molar-refractivity contribution in [1.29, 1.82) is 0 Å². The van der Waals surface area contributed by atoms with Crippen LogP contribution in [0.4, 0.5) is 0 Å². The van der Waals surface area contributed by atoms with Gasteiger partial charge in [0.15, 0.2) is 0 Å². The molecule has 0 nitrogen and oxygen atoms in total. The smallest absolute Gasteiger partial charge is 0.0485 e. The summed E-state index contributed by atoms with van der Waals surface area (Å²) in [6.07, 6.45) is 22.4. The van der Waals surface area contributed by atoms with Crippen molar-refractivity contribution in [3.8, 4) is 0 Å². The van der Waals surface area contributed by atoms with Gasteiger partial charge in [-0.25, -0.2) is 0 Å². The van der Waals surface area contributed by atoms with Crippen LogP contribution in [-0.2, 0) is 0 Å². The van der Waals surface area contributed by atoms with E-state index in [9.17, 15) is 0 Å². The van der Waals surface area contributed by atoms with Gasteiger partial charge in [-0.05, 0) is 11.1 Å². The van der Waals surface area contributed by atoms with Gasteiger partial charge in [0, 0.05) is 10.8 Å². The molecule has 4 aliphatic carbocycles. The second kappa shape index (κ2) is 1.78. The third-order valence-electron chi connectivity index (χ3n) is 3.94. The Morgan fingerprint density at radius 1 is 0.571 bits per heavy atom. The van der Waals surface area contributed by atoms with E-state index in [-0.39, 0.29) is 10.8 Å². The predicted octanol–water partition coefficient (Wildman–Crippen LogP) is 3.09. The highest BCUT2D eigenvalue weighted by Crippen LogP contribution is 2.71. The lowest BCUT2D eigenvalue weighted by Gasteiger charge is -2.63. The van der Waals surface area contributed by atoms with Crippen LogP contribution in [0.15, 0.2) is 71.9 Å². The van der Waals surface area contributed by atoms with Crippen LogP contribution in [0.3, 0.4) is 0 Å². The summed E-state index contributed by atoms with van der Waals surface area (Å²) >= 11 is 0. The minimum absolute atomic E-state index is 0.221. The Morgan fingerprint density at radius 3 is 1.50 bits per heavy atom. The normalized spacial score (nSPS) is 44.0. The zero-order chi connectivity index (χ0) is 9.23. The maximum atomic E-state index is 2.33. The number of hydrogen-bond donors (Lipinski definition) is 0. The predicted molar refractivity (Wildman–Crippen MR) is 57.6 cm³/mol. The molecule has 0 heterocycles. The van der Waals surface area contributed by atoms with Gasteiger partial charge in [0.1, 0.15) is 0 Å². The lowest BCUT2D eigenvalue weighted by molar-refractivity contribution is 0.262. The van der Waals surface area contributed by atoms with Crippen molar-refractivity contribution in [2.75, 3.05) is 0 Å². The Labute approximate surface area is 83.3 Å². The van der Waals surface area contributed by atoms with Gasteiger partial charge in [-0.1, -0.05) is 60.8 Å². The van der Waals surface area contributed by atoms with Crippen LogP contribution in [0.2, 0.25) is 0 Å². The highest BCUT2D eigenvalue weighted by molar-refractivity contribution is 5.73. The van der Waals surface area contributed by atoms with Crippen LogP contribution in [0, 0.1) is 10.8 Å². The van der Waals surface area contributed by atoms with Crippen molar-refractivity contribution in [1.82, 2.24) is 0 Å². The van der Waals surface area contributed by atoms with Crippen molar-refractivity contribution >= 4 is 0 Å². The van der Waals surface area contributed by atoms with E-state index in [0.717, 1.165) is 0 Å². The molecule has 2 unspecified atom stereocenters. The summed E-state index contributed by atoms with van der Waals surface area (Å²) in [4.78, 5) is 0. The fourth-order valence-corrected chi connectivity index (χ4v) is 3.19. The molecule has 0 aliphatic heterocycles. The first kappa shape index (κ1) is 6.83. The van der Waals surface area contributed by atoms with Crippen LogP contribution < -0.4 is 0 Å². The van der Waals surface area contributed by atoms with Gasteiger partial charge < -0.3 is 0 Å². The second-order valence-electron chi connectivity index (χ2n) is 4.34. The van der Waals surface area contributed by atoms with Crippen LogP contribution in [0.1, 0.15) is 0 Å². The van der Waals surface area contributed by atoms with Crippen LogP contribution in [0.5, 0.6) is 0 Å². The summed E-state index contributed by atoms with van der Waals surface area (Å²) in [5.41, 5.74) is 3.42. The van der Waals surface area contributed by atoms with Crippen molar-refractivity contribution < 1.29 is 0 Å². The van der Waals surface area contributed by atoms with E-state index in [2.05, 4.69) is 60.8 Å². The third kappa shape index (κ3) is 0.431. The molecule has 4 aliphatic rings. The molecule has 0 fully saturated rings. The van der Waals surface area contributed by atoms with E-state index in [1.165, 1.54) is 11.1 Å². The summed E-state index contributed by atoms with van der Waals surface area (Å²) < 4.78 is 0. The molecule has 2 spiro atoms. The van der Waals surface area contributed by atoms with E-state index in [1.54, 1.807) is 0 Å². The van der Waals surface area contributed by atoms with E-state index in [0.29, 0.717) is 0 Å². The Kier molecular flexibility index (Phi) is 0.870. The average molecular weight is 178 g/mol. The Balaban J connectivity index is 2.08. The monoisotopic (exact) mass is 178 g/mol. The lowest BCUT2D eigenvalue weighted by Crippen LogP contribution is -2.55. The molecule has 0 saturated carbocycles. The van der Waals surface area contributed by atoms with Crippen molar-refractivity contribution in [2.24, 2.45) is 10.8 Å². The standard InChI is InChI=1S/C14H10/c1-3-7-13-9-10-14(13)8-4-2-6-12(14)11(13)5-1/h1-10H. The molecule has 0 amide bonds.